The predicted octanol–water partition coefficient (Wildman–Crippen LogP) is 7.06. The third-order valence-corrected chi connectivity index (χ3v) is 5.24. The minimum atomic E-state index is -0.0675. The monoisotopic (exact) mass is 437 g/mol. The zero-order valence-electron chi connectivity index (χ0n) is 20.8. The summed E-state index contributed by atoms with van der Waals surface area (Å²) in [6.45, 7) is 13.9. The SMILES string of the molecule is C/C=C/COc1cc(C)c(OCCCCc2ccc(C(=NOC)C(C)(C)C)cc2)c(C)c1. The summed E-state index contributed by atoms with van der Waals surface area (Å²) in [4.78, 5) is 5.05. The maximum atomic E-state index is 6.10. The van der Waals surface area contributed by atoms with Crippen molar-refractivity contribution in [3.63, 3.8) is 0 Å². The molecule has 0 spiro atoms. The molecule has 0 aromatic heterocycles. The zero-order chi connectivity index (χ0) is 23.6. The van der Waals surface area contributed by atoms with E-state index in [9.17, 15) is 0 Å². The second-order valence-electron chi connectivity index (χ2n) is 9.14. The fraction of sp³-hybridized carbons (Fsp3) is 0.464. The van der Waals surface area contributed by atoms with Gasteiger partial charge in [-0.2, -0.15) is 0 Å². The average molecular weight is 438 g/mol. The van der Waals surface area contributed by atoms with E-state index in [-0.39, 0.29) is 5.41 Å². The van der Waals surface area contributed by atoms with Gasteiger partial charge in [-0.1, -0.05) is 62.3 Å². The number of ether oxygens (including phenoxy) is 2. The Morgan fingerprint density at radius 3 is 2.19 bits per heavy atom. The third kappa shape index (κ3) is 7.74. The van der Waals surface area contributed by atoms with E-state index in [1.165, 1.54) is 5.56 Å². The highest BCUT2D eigenvalue weighted by atomic mass is 16.6. The minimum absolute atomic E-state index is 0.0675. The predicted molar refractivity (Wildman–Crippen MR) is 134 cm³/mol. The van der Waals surface area contributed by atoms with Crippen molar-refractivity contribution in [2.24, 2.45) is 10.6 Å². The molecule has 174 valence electrons. The van der Waals surface area contributed by atoms with Crippen molar-refractivity contribution in [3.8, 4) is 11.5 Å². The van der Waals surface area contributed by atoms with Gasteiger partial charge < -0.3 is 14.3 Å². The van der Waals surface area contributed by atoms with Gasteiger partial charge in [0.05, 0.1) is 12.3 Å². The van der Waals surface area contributed by atoms with E-state index in [4.69, 9.17) is 14.3 Å². The molecular formula is C28H39NO3. The van der Waals surface area contributed by atoms with Crippen LogP contribution < -0.4 is 9.47 Å². The first kappa shape index (κ1) is 25.5. The Hall–Kier alpha value is -2.75. The number of hydrogen-bond acceptors (Lipinski definition) is 4. The summed E-state index contributed by atoms with van der Waals surface area (Å²) in [6.07, 6.45) is 7.12. The van der Waals surface area contributed by atoms with Crippen LogP contribution in [0.15, 0.2) is 53.7 Å². The molecule has 2 aromatic carbocycles. The van der Waals surface area contributed by atoms with Crippen LogP contribution in [-0.4, -0.2) is 26.0 Å². The van der Waals surface area contributed by atoms with Gasteiger partial charge in [0.15, 0.2) is 0 Å². The molecule has 2 rings (SSSR count). The number of unbranched alkanes of at least 4 members (excludes halogenated alkanes) is 1. The van der Waals surface area contributed by atoms with Gasteiger partial charge in [-0.05, 0) is 74.4 Å². The van der Waals surface area contributed by atoms with E-state index < -0.39 is 0 Å². The van der Waals surface area contributed by atoms with Gasteiger partial charge in [0.2, 0.25) is 0 Å². The number of allylic oxidation sites excluding steroid dienone is 1. The highest BCUT2D eigenvalue weighted by Gasteiger charge is 2.21. The van der Waals surface area contributed by atoms with Crippen molar-refractivity contribution in [2.45, 2.75) is 60.8 Å². The number of rotatable bonds is 11. The van der Waals surface area contributed by atoms with E-state index in [1.54, 1.807) is 7.11 Å². The minimum Gasteiger partial charge on any atom is -0.493 e. The summed E-state index contributed by atoms with van der Waals surface area (Å²) in [5.74, 6) is 1.86. The number of nitrogens with zero attached hydrogens (tertiary/aromatic N) is 1. The molecule has 0 atom stereocenters. The van der Waals surface area contributed by atoms with Crippen LogP contribution in [0.5, 0.6) is 11.5 Å². The Bertz CT molecular complexity index is 882. The van der Waals surface area contributed by atoms with Crippen LogP contribution in [0.1, 0.15) is 62.8 Å². The molecule has 0 aliphatic heterocycles. The Morgan fingerprint density at radius 1 is 0.969 bits per heavy atom. The quantitative estimate of drug-likeness (QED) is 0.164. The first-order valence-electron chi connectivity index (χ1n) is 11.4. The largest absolute Gasteiger partial charge is 0.493 e. The molecule has 0 unspecified atom stereocenters. The van der Waals surface area contributed by atoms with Crippen LogP contribution in [0.25, 0.3) is 0 Å². The van der Waals surface area contributed by atoms with Crippen LogP contribution in [0.2, 0.25) is 0 Å². The summed E-state index contributed by atoms with van der Waals surface area (Å²) in [6, 6.07) is 12.8. The molecule has 2 aromatic rings. The molecular weight excluding hydrogens is 398 g/mol. The van der Waals surface area contributed by atoms with E-state index in [2.05, 4.69) is 64.0 Å². The standard InChI is InChI=1S/C28H39NO3/c1-8-9-17-31-25-19-21(2)26(22(3)20-25)32-18-11-10-12-23-13-15-24(16-14-23)27(29-30-7)28(4,5)6/h8-9,13-16,19-20H,10-12,17-18H2,1-7H3/b9-8+,29-27?. The highest BCUT2D eigenvalue weighted by Crippen LogP contribution is 2.29. The molecule has 0 saturated heterocycles. The molecule has 0 aliphatic rings. The van der Waals surface area contributed by atoms with Gasteiger partial charge in [-0.15, -0.1) is 0 Å². The molecule has 0 N–H and O–H groups in total. The summed E-state index contributed by atoms with van der Waals surface area (Å²) in [5, 5.41) is 4.24. The molecule has 32 heavy (non-hydrogen) atoms. The van der Waals surface area contributed by atoms with Crippen LogP contribution in [0.3, 0.4) is 0 Å². The smallest absolute Gasteiger partial charge is 0.125 e. The number of benzene rings is 2. The number of oxime groups is 1. The van der Waals surface area contributed by atoms with Crippen molar-refractivity contribution in [1.82, 2.24) is 0 Å². The molecule has 0 bridgehead atoms. The summed E-state index contributed by atoms with van der Waals surface area (Å²) in [7, 11) is 1.60. The lowest BCUT2D eigenvalue weighted by atomic mass is 9.85. The molecule has 4 heteroatoms. The number of hydrogen-bond donors (Lipinski definition) is 0. The molecule has 0 heterocycles. The Morgan fingerprint density at radius 2 is 1.62 bits per heavy atom. The van der Waals surface area contributed by atoms with Crippen molar-refractivity contribution in [3.05, 3.63) is 70.8 Å². The lowest BCUT2D eigenvalue weighted by Crippen LogP contribution is -2.21. The second-order valence-corrected chi connectivity index (χ2v) is 9.14. The van der Waals surface area contributed by atoms with Gasteiger partial charge >= 0.3 is 0 Å². The molecule has 0 saturated carbocycles. The average Bonchev–Trinajstić information content (AvgIpc) is 2.73. The first-order chi connectivity index (χ1) is 15.3. The second kappa shape index (κ2) is 12.3. The van der Waals surface area contributed by atoms with Crippen molar-refractivity contribution < 1.29 is 14.3 Å². The third-order valence-electron chi connectivity index (χ3n) is 5.24. The first-order valence-corrected chi connectivity index (χ1v) is 11.4. The lowest BCUT2D eigenvalue weighted by Gasteiger charge is -2.21. The van der Waals surface area contributed by atoms with Crippen molar-refractivity contribution in [2.75, 3.05) is 20.3 Å². The topological polar surface area (TPSA) is 40.0 Å². The van der Waals surface area contributed by atoms with Gasteiger partial charge in [0, 0.05) is 5.41 Å². The Kier molecular flexibility index (Phi) is 9.83. The normalized spacial score (nSPS) is 12.3. The fourth-order valence-electron chi connectivity index (χ4n) is 3.61. The lowest BCUT2D eigenvalue weighted by molar-refractivity contribution is 0.209. The summed E-state index contributed by atoms with van der Waals surface area (Å²) < 4.78 is 11.9. The summed E-state index contributed by atoms with van der Waals surface area (Å²) >= 11 is 0. The molecule has 0 aliphatic carbocycles. The van der Waals surface area contributed by atoms with Crippen LogP contribution in [0.4, 0.5) is 0 Å². The van der Waals surface area contributed by atoms with E-state index in [0.717, 1.165) is 53.2 Å². The Labute approximate surface area is 194 Å². The van der Waals surface area contributed by atoms with Crippen LogP contribution in [-0.2, 0) is 11.3 Å². The van der Waals surface area contributed by atoms with Gasteiger partial charge in [0.1, 0.15) is 25.2 Å². The molecule has 0 fully saturated rings. The zero-order valence-corrected chi connectivity index (χ0v) is 20.8. The number of aryl methyl sites for hydroxylation is 3. The summed E-state index contributed by atoms with van der Waals surface area (Å²) in [5.41, 5.74) is 5.56. The maximum absolute atomic E-state index is 6.10. The highest BCUT2D eigenvalue weighted by molar-refractivity contribution is 6.03. The van der Waals surface area contributed by atoms with E-state index in [1.807, 2.05) is 31.2 Å². The molecule has 0 amide bonds. The van der Waals surface area contributed by atoms with Gasteiger partial charge in [-0.3, -0.25) is 0 Å². The maximum Gasteiger partial charge on any atom is 0.125 e. The van der Waals surface area contributed by atoms with Crippen molar-refractivity contribution in [1.29, 1.82) is 0 Å². The molecule has 4 nitrogen and oxygen atoms in total. The van der Waals surface area contributed by atoms with Gasteiger partial charge in [-0.25, -0.2) is 0 Å². The van der Waals surface area contributed by atoms with Crippen LogP contribution >= 0.6 is 0 Å². The molecule has 0 radical (unpaired) electrons. The van der Waals surface area contributed by atoms with E-state index >= 15 is 0 Å². The van der Waals surface area contributed by atoms with E-state index in [0.29, 0.717) is 13.2 Å². The van der Waals surface area contributed by atoms with Crippen molar-refractivity contribution >= 4 is 5.71 Å². The fourth-order valence-corrected chi connectivity index (χ4v) is 3.61. The Balaban J connectivity index is 1.83. The van der Waals surface area contributed by atoms with Crippen LogP contribution in [0, 0.1) is 19.3 Å². The van der Waals surface area contributed by atoms with Gasteiger partial charge in [0.25, 0.3) is 0 Å².